The minimum atomic E-state index is -1.07. The zero-order valence-electron chi connectivity index (χ0n) is 14.2. The maximum absolute atomic E-state index is 12.3. The van der Waals surface area contributed by atoms with Gasteiger partial charge in [-0.15, -0.1) is 0 Å². The van der Waals surface area contributed by atoms with Gasteiger partial charge < -0.3 is 15.6 Å². The van der Waals surface area contributed by atoms with Crippen molar-refractivity contribution in [2.75, 3.05) is 13.7 Å². The Kier molecular flexibility index (Phi) is 6.23. The van der Waals surface area contributed by atoms with E-state index < -0.39 is 23.1 Å². The number of ether oxygens (including phenoxy) is 1. The predicted octanol–water partition coefficient (Wildman–Crippen LogP) is 2.61. The average Bonchev–Trinajstić information content (AvgIpc) is 2.36. The SMILES string of the molecule is COC(=O)C1(N(C(=O)O)C(C)(C)C)CC(CCCCCN)C1. The van der Waals surface area contributed by atoms with Crippen molar-refractivity contribution in [2.45, 2.75) is 70.4 Å². The molecule has 0 aromatic heterocycles. The number of carboxylic acid groups (broad SMARTS) is 1. The first-order chi connectivity index (χ1) is 10.2. The monoisotopic (exact) mass is 314 g/mol. The van der Waals surface area contributed by atoms with Crippen LogP contribution in [0.15, 0.2) is 0 Å². The first-order valence-corrected chi connectivity index (χ1v) is 8.01. The van der Waals surface area contributed by atoms with Gasteiger partial charge in [-0.2, -0.15) is 0 Å². The van der Waals surface area contributed by atoms with Gasteiger partial charge in [-0.1, -0.05) is 19.3 Å². The molecule has 0 aromatic carbocycles. The highest BCUT2D eigenvalue weighted by atomic mass is 16.5. The third-order valence-corrected chi connectivity index (χ3v) is 4.42. The molecule has 6 nitrogen and oxygen atoms in total. The number of carbonyl (C=O) groups is 2. The van der Waals surface area contributed by atoms with Crippen LogP contribution in [0.1, 0.15) is 59.3 Å². The highest BCUT2D eigenvalue weighted by Gasteiger charge is 2.59. The van der Waals surface area contributed by atoms with Crippen LogP contribution in [0.25, 0.3) is 0 Å². The summed E-state index contributed by atoms with van der Waals surface area (Å²) in [6, 6.07) is 0. The van der Waals surface area contributed by atoms with Crippen molar-refractivity contribution < 1.29 is 19.4 Å². The zero-order valence-corrected chi connectivity index (χ0v) is 14.2. The number of unbranched alkanes of at least 4 members (excludes halogenated alkanes) is 2. The molecule has 0 saturated heterocycles. The van der Waals surface area contributed by atoms with Crippen LogP contribution >= 0.6 is 0 Å². The fraction of sp³-hybridized carbons (Fsp3) is 0.875. The summed E-state index contributed by atoms with van der Waals surface area (Å²) in [5, 5.41) is 9.59. The van der Waals surface area contributed by atoms with Crippen LogP contribution in [0.5, 0.6) is 0 Å². The maximum Gasteiger partial charge on any atom is 0.408 e. The summed E-state index contributed by atoms with van der Waals surface area (Å²) in [7, 11) is 1.32. The summed E-state index contributed by atoms with van der Waals surface area (Å²) in [6.45, 7) is 6.12. The first kappa shape index (κ1) is 18.7. The number of carbonyl (C=O) groups excluding carboxylic acids is 1. The normalized spacial score (nSPS) is 24.5. The van der Waals surface area contributed by atoms with Gasteiger partial charge in [-0.05, 0) is 52.5 Å². The molecule has 1 saturated carbocycles. The van der Waals surface area contributed by atoms with Crippen molar-refractivity contribution in [3.63, 3.8) is 0 Å². The number of nitrogens with zero attached hydrogens (tertiary/aromatic N) is 1. The Labute approximate surface area is 133 Å². The molecule has 0 bridgehead atoms. The molecule has 22 heavy (non-hydrogen) atoms. The van der Waals surface area contributed by atoms with Gasteiger partial charge in [0.05, 0.1) is 7.11 Å². The third kappa shape index (κ3) is 3.91. The molecule has 0 heterocycles. The van der Waals surface area contributed by atoms with Crippen LogP contribution in [-0.4, -0.2) is 46.8 Å². The van der Waals surface area contributed by atoms with E-state index in [1.165, 1.54) is 12.0 Å². The average molecular weight is 314 g/mol. The highest BCUT2D eigenvalue weighted by molar-refractivity contribution is 5.87. The van der Waals surface area contributed by atoms with E-state index >= 15 is 0 Å². The quantitative estimate of drug-likeness (QED) is 0.556. The Hall–Kier alpha value is -1.30. The molecule has 1 rings (SSSR count). The van der Waals surface area contributed by atoms with Crippen molar-refractivity contribution >= 4 is 12.1 Å². The Morgan fingerprint density at radius 2 is 1.86 bits per heavy atom. The Morgan fingerprint density at radius 3 is 2.27 bits per heavy atom. The minimum absolute atomic E-state index is 0.376. The molecule has 128 valence electrons. The van der Waals surface area contributed by atoms with E-state index in [4.69, 9.17) is 10.5 Å². The van der Waals surface area contributed by atoms with E-state index in [1.807, 2.05) is 0 Å². The molecule has 0 unspecified atom stereocenters. The molecule has 1 aliphatic carbocycles. The lowest BCUT2D eigenvalue weighted by molar-refractivity contribution is -0.170. The number of hydrogen-bond acceptors (Lipinski definition) is 4. The van der Waals surface area contributed by atoms with Gasteiger partial charge in [0.2, 0.25) is 0 Å². The zero-order chi connectivity index (χ0) is 17.0. The van der Waals surface area contributed by atoms with E-state index in [2.05, 4.69) is 0 Å². The van der Waals surface area contributed by atoms with Crippen LogP contribution in [0.2, 0.25) is 0 Å². The molecule has 0 atom stereocenters. The van der Waals surface area contributed by atoms with Crippen molar-refractivity contribution in [1.29, 1.82) is 0 Å². The fourth-order valence-electron chi connectivity index (χ4n) is 3.60. The lowest BCUT2D eigenvalue weighted by Crippen LogP contribution is -2.69. The highest BCUT2D eigenvalue weighted by Crippen LogP contribution is 2.48. The number of hydrogen-bond donors (Lipinski definition) is 2. The second kappa shape index (κ2) is 7.31. The molecule has 1 amide bonds. The van der Waals surface area contributed by atoms with Crippen LogP contribution in [0, 0.1) is 5.92 Å². The molecule has 6 heteroatoms. The van der Waals surface area contributed by atoms with Gasteiger partial charge in [-0.3, -0.25) is 4.90 Å². The molecule has 0 aromatic rings. The minimum Gasteiger partial charge on any atom is -0.467 e. The molecule has 0 aliphatic heterocycles. The third-order valence-electron chi connectivity index (χ3n) is 4.42. The number of esters is 1. The van der Waals surface area contributed by atoms with Crippen LogP contribution in [0.3, 0.4) is 0 Å². The largest absolute Gasteiger partial charge is 0.467 e. The van der Waals surface area contributed by atoms with Gasteiger partial charge in [0, 0.05) is 5.54 Å². The molecular formula is C16H30N2O4. The second-order valence-corrected chi connectivity index (χ2v) is 7.22. The van der Waals surface area contributed by atoms with Crippen molar-refractivity contribution in [3.05, 3.63) is 0 Å². The van der Waals surface area contributed by atoms with Crippen LogP contribution in [-0.2, 0) is 9.53 Å². The number of methoxy groups -OCH3 is 1. The van der Waals surface area contributed by atoms with E-state index in [0.717, 1.165) is 25.7 Å². The Balaban J connectivity index is 2.79. The predicted molar refractivity (Wildman–Crippen MR) is 84.6 cm³/mol. The lowest BCUT2D eigenvalue weighted by atomic mass is 9.64. The fourth-order valence-corrected chi connectivity index (χ4v) is 3.60. The Bertz CT molecular complexity index is 397. The number of rotatable bonds is 7. The lowest BCUT2D eigenvalue weighted by Gasteiger charge is -2.55. The molecular weight excluding hydrogens is 284 g/mol. The summed E-state index contributed by atoms with van der Waals surface area (Å²) in [6.07, 6.45) is 4.20. The summed E-state index contributed by atoms with van der Waals surface area (Å²) >= 11 is 0. The van der Waals surface area contributed by atoms with Gasteiger partial charge in [-0.25, -0.2) is 9.59 Å². The summed E-state index contributed by atoms with van der Waals surface area (Å²) in [4.78, 5) is 25.3. The van der Waals surface area contributed by atoms with Crippen molar-refractivity contribution in [3.8, 4) is 0 Å². The molecule has 0 spiro atoms. The molecule has 3 N–H and O–H groups in total. The number of nitrogens with two attached hydrogens (primary N) is 1. The summed E-state index contributed by atoms with van der Waals surface area (Å²) in [5.74, 6) is -0.0656. The number of amides is 1. The first-order valence-electron chi connectivity index (χ1n) is 8.01. The van der Waals surface area contributed by atoms with Gasteiger partial charge in [0.1, 0.15) is 5.54 Å². The van der Waals surface area contributed by atoms with Crippen molar-refractivity contribution in [2.24, 2.45) is 11.7 Å². The van der Waals surface area contributed by atoms with Crippen LogP contribution in [0.4, 0.5) is 4.79 Å². The maximum atomic E-state index is 12.3. The standard InChI is InChI=1S/C16H30N2O4/c1-15(2,3)18(14(20)21)16(13(19)22-4)10-12(11-16)8-6-5-7-9-17/h12H,5-11,17H2,1-4H3,(H,20,21). The van der Waals surface area contributed by atoms with Gasteiger partial charge >= 0.3 is 12.1 Å². The van der Waals surface area contributed by atoms with E-state index in [1.54, 1.807) is 20.8 Å². The molecule has 0 radical (unpaired) electrons. The Morgan fingerprint density at radius 1 is 1.27 bits per heavy atom. The van der Waals surface area contributed by atoms with Gasteiger partial charge in [0.15, 0.2) is 0 Å². The molecule has 1 fully saturated rings. The van der Waals surface area contributed by atoms with Crippen LogP contribution < -0.4 is 5.73 Å². The second-order valence-electron chi connectivity index (χ2n) is 7.22. The molecule has 1 aliphatic rings. The van der Waals surface area contributed by atoms with E-state index in [0.29, 0.717) is 25.3 Å². The summed E-state index contributed by atoms with van der Waals surface area (Å²) in [5.41, 5.74) is 3.80. The van der Waals surface area contributed by atoms with E-state index in [9.17, 15) is 14.7 Å². The van der Waals surface area contributed by atoms with E-state index in [-0.39, 0.29) is 0 Å². The van der Waals surface area contributed by atoms with Crippen molar-refractivity contribution in [1.82, 2.24) is 4.90 Å². The smallest absolute Gasteiger partial charge is 0.408 e. The van der Waals surface area contributed by atoms with Gasteiger partial charge in [0.25, 0.3) is 0 Å². The topological polar surface area (TPSA) is 92.9 Å². The summed E-state index contributed by atoms with van der Waals surface area (Å²) < 4.78 is 4.91.